The highest BCUT2D eigenvalue weighted by Crippen LogP contribution is 2.43. The van der Waals surface area contributed by atoms with Gasteiger partial charge in [0.25, 0.3) is 11.7 Å². The summed E-state index contributed by atoms with van der Waals surface area (Å²) in [6.45, 7) is 0. The van der Waals surface area contributed by atoms with E-state index in [1.165, 1.54) is 13.4 Å². The number of nitrogens with zero attached hydrogens (tertiary/aromatic N) is 1. The molecule has 1 unspecified atom stereocenters. The number of ether oxygens (including phenoxy) is 1. The van der Waals surface area contributed by atoms with E-state index in [9.17, 15) is 14.7 Å². The van der Waals surface area contributed by atoms with Crippen molar-refractivity contribution < 1.29 is 23.8 Å². The molecule has 2 aromatic rings. The number of carbonyl (C=O) groups is 2. The van der Waals surface area contributed by atoms with E-state index in [1.807, 2.05) is 0 Å². The molecule has 6 nitrogen and oxygen atoms in total. The number of aliphatic hydroxyl groups is 1. The van der Waals surface area contributed by atoms with Crippen molar-refractivity contribution >= 4 is 17.4 Å². The molecule has 0 spiro atoms. The van der Waals surface area contributed by atoms with Crippen LogP contribution >= 0.6 is 0 Å². The fourth-order valence-electron chi connectivity index (χ4n) is 4.24. The minimum absolute atomic E-state index is 0.0316. The first-order valence-electron chi connectivity index (χ1n) is 9.59. The normalized spacial score (nSPS) is 22.6. The predicted octanol–water partition coefficient (Wildman–Crippen LogP) is 4.04. The van der Waals surface area contributed by atoms with Crippen LogP contribution in [0.5, 0.6) is 5.75 Å². The Kier molecular flexibility index (Phi) is 4.94. The Morgan fingerprint density at radius 1 is 1.14 bits per heavy atom. The van der Waals surface area contributed by atoms with Crippen molar-refractivity contribution in [2.75, 3.05) is 7.11 Å². The Balaban J connectivity index is 1.84. The average Bonchev–Trinajstić information content (AvgIpc) is 3.35. The van der Waals surface area contributed by atoms with Gasteiger partial charge in [0, 0.05) is 11.6 Å². The predicted molar refractivity (Wildman–Crippen MR) is 103 cm³/mol. The molecule has 1 atom stereocenters. The van der Waals surface area contributed by atoms with E-state index in [2.05, 4.69) is 0 Å². The molecule has 6 heteroatoms. The second-order valence-electron chi connectivity index (χ2n) is 7.25. The van der Waals surface area contributed by atoms with Crippen LogP contribution in [0.15, 0.2) is 52.7 Å². The molecule has 28 heavy (non-hydrogen) atoms. The Morgan fingerprint density at radius 3 is 2.61 bits per heavy atom. The van der Waals surface area contributed by atoms with Gasteiger partial charge in [-0.2, -0.15) is 0 Å². The standard InChI is InChI=1S/C22H23NO5/c1-27-16-10-5-7-14(13-16)20(24)18-19(17-11-6-12-28-17)23(22(26)21(18)25)15-8-3-2-4-9-15/h5-7,10-13,15,19,24H,2-4,8-9H2,1H3/b20-18-. The lowest BCUT2D eigenvalue weighted by molar-refractivity contribution is -0.142. The lowest BCUT2D eigenvalue weighted by atomic mass is 9.92. The summed E-state index contributed by atoms with van der Waals surface area (Å²) in [6, 6.07) is 9.52. The van der Waals surface area contributed by atoms with Gasteiger partial charge in [0.15, 0.2) is 0 Å². The Bertz CT molecular complexity index is 909. The lowest BCUT2D eigenvalue weighted by Gasteiger charge is -2.34. The maximum atomic E-state index is 13.0. The molecule has 0 radical (unpaired) electrons. The summed E-state index contributed by atoms with van der Waals surface area (Å²) >= 11 is 0. The number of ketones is 1. The van der Waals surface area contributed by atoms with Gasteiger partial charge in [-0.15, -0.1) is 0 Å². The molecule has 0 bridgehead atoms. The Hall–Kier alpha value is -3.02. The molecule has 1 aromatic carbocycles. The number of carbonyl (C=O) groups excluding carboxylic acids is 2. The molecular weight excluding hydrogens is 358 g/mol. The summed E-state index contributed by atoms with van der Waals surface area (Å²) in [5.41, 5.74) is 0.497. The highest BCUT2D eigenvalue weighted by Gasteiger charge is 2.50. The van der Waals surface area contributed by atoms with Crippen LogP contribution in [-0.2, 0) is 9.59 Å². The fourth-order valence-corrected chi connectivity index (χ4v) is 4.24. The first kappa shape index (κ1) is 18.3. The van der Waals surface area contributed by atoms with Crippen molar-refractivity contribution in [3.05, 3.63) is 59.6 Å². The van der Waals surface area contributed by atoms with Crippen LogP contribution in [-0.4, -0.2) is 34.8 Å². The molecular formula is C22H23NO5. The largest absolute Gasteiger partial charge is 0.507 e. The summed E-state index contributed by atoms with van der Waals surface area (Å²) in [5, 5.41) is 11.0. The average molecular weight is 381 g/mol. The Labute approximate surface area is 163 Å². The third kappa shape index (κ3) is 3.09. The van der Waals surface area contributed by atoms with Crippen LogP contribution in [0.4, 0.5) is 0 Å². The van der Waals surface area contributed by atoms with E-state index in [1.54, 1.807) is 41.3 Å². The maximum absolute atomic E-state index is 13.0. The van der Waals surface area contributed by atoms with Gasteiger partial charge in [0.05, 0.1) is 18.9 Å². The van der Waals surface area contributed by atoms with Crippen LogP contribution in [0, 0.1) is 0 Å². The van der Waals surface area contributed by atoms with Crippen LogP contribution < -0.4 is 4.74 Å². The molecule has 2 aliphatic rings. The molecule has 2 heterocycles. The molecule has 4 rings (SSSR count). The third-order valence-corrected chi connectivity index (χ3v) is 5.60. The van der Waals surface area contributed by atoms with E-state index >= 15 is 0 Å². The van der Waals surface area contributed by atoms with Crippen molar-refractivity contribution in [2.24, 2.45) is 0 Å². The third-order valence-electron chi connectivity index (χ3n) is 5.60. The van der Waals surface area contributed by atoms with Crippen molar-refractivity contribution in [1.82, 2.24) is 4.90 Å². The van der Waals surface area contributed by atoms with Gasteiger partial charge in [-0.1, -0.05) is 31.4 Å². The van der Waals surface area contributed by atoms with Gasteiger partial charge >= 0.3 is 0 Å². The smallest absolute Gasteiger partial charge is 0.296 e. The second kappa shape index (κ2) is 7.54. The molecule has 1 aliphatic carbocycles. The molecule has 1 aromatic heterocycles. The fraction of sp³-hybridized carbons (Fsp3) is 0.364. The van der Waals surface area contributed by atoms with Gasteiger partial charge in [0.2, 0.25) is 0 Å². The minimum Gasteiger partial charge on any atom is -0.507 e. The maximum Gasteiger partial charge on any atom is 0.296 e. The Morgan fingerprint density at radius 2 is 1.93 bits per heavy atom. The number of amides is 1. The van der Waals surface area contributed by atoms with E-state index < -0.39 is 17.7 Å². The molecule has 1 amide bonds. The summed E-state index contributed by atoms with van der Waals surface area (Å²) in [5.74, 6) is -0.420. The number of aliphatic hydroxyl groups excluding tert-OH is 1. The van der Waals surface area contributed by atoms with Gasteiger partial charge < -0.3 is 19.2 Å². The topological polar surface area (TPSA) is 80.0 Å². The second-order valence-corrected chi connectivity index (χ2v) is 7.25. The van der Waals surface area contributed by atoms with E-state index in [-0.39, 0.29) is 17.4 Å². The molecule has 2 fully saturated rings. The van der Waals surface area contributed by atoms with Gasteiger partial charge in [-0.25, -0.2) is 0 Å². The van der Waals surface area contributed by atoms with Crippen LogP contribution in [0.2, 0.25) is 0 Å². The monoisotopic (exact) mass is 381 g/mol. The number of Topliss-reactive ketones (excluding diaryl/α,β-unsaturated/α-hetero) is 1. The highest BCUT2D eigenvalue weighted by atomic mass is 16.5. The molecule has 146 valence electrons. The number of hydrogen-bond acceptors (Lipinski definition) is 5. The summed E-state index contributed by atoms with van der Waals surface area (Å²) < 4.78 is 10.8. The number of methoxy groups -OCH3 is 1. The molecule has 1 saturated carbocycles. The molecule has 1 saturated heterocycles. The van der Waals surface area contributed by atoms with E-state index in [0.717, 1.165) is 32.1 Å². The first-order chi connectivity index (χ1) is 13.6. The number of furan rings is 1. The summed E-state index contributed by atoms with van der Waals surface area (Å²) in [7, 11) is 1.53. The van der Waals surface area contributed by atoms with E-state index in [0.29, 0.717) is 17.1 Å². The highest BCUT2D eigenvalue weighted by molar-refractivity contribution is 6.46. The number of benzene rings is 1. The molecule has 1 N–H and O–H groups in total. The van der Waals surface area contributed by atoms with E-state index in [4.69, 9.17) is 9.15 Å². The number of rotatable bonds is 4. The summed E-state index contributed by atoms with van der Waals surface area (Å²) in [6.07, 6.45) is 6.40. The quantitative estimate of drug-likeness (QED) is 0.491. The number of hydrogen-bond donors (Lipinski definition) is 1. The van der Waals surface area contributed by atoms with Gasteiger partial charge in [-0.05, 0) is 37.1 Å². The zero-order valence-corrected chi connectivity index (χ0v) is 15.8. The van der Waals surface area contributed by atoms with Crippen molar-refractivity contribution in [1.29, 1.82) is 0 Å². The lowest BCUT2D eigenvalue weighted by Crippen LogP contribution is -2.40. The first-order valence-corrected chi connectivity index (χ1v) is 9.59. The molecule has 1 aliphatic heterocycles. The van der Waals surface area contributed by atoms with Gasteiger partial charge in [-0.3, -0.25) is 9.59 Å². The van der Waals surface area contributed by atoms with Crippen molar-refractivity contribution in [3.63, 3.8) is 0 Å². The zero-order chi connectivity index (χ0) is 19.7. The van der Waals surface area contributed by atoms with Crippen LogP contribution in [0.3, 0.4) is 0 Å². The van der Waals surface area contributed by atoms with Gasteiger partial charge in [0.1, 0.15) is 23.3 Å². The SMILES string of the molecule is COc1cccc(/C(O)=C2/C(=O)C(=O)N(C3CCCCC3)C2c2ccco2)c1. The number of likely N-dealkylation sites (tertiary alicyclic amines) is 1. The van der Waals surface area contributed by atoms with Crippen LogP contribution in [0.1, 0.15) is 49.5 Å². The minimum atomic E-state index is -0.718. The zero-order valence-electron chi connectivity index (χ0n) is 15.8. The summed E-state index contributed by atoms with van der Waals surface area (Å²) in [4.78, 5) is 27.5. The van der Waals surface area contributed by atoms with Crippen molar-refractivity contribution in [3.8, 4) is 5.75 Å². The van der Waals surface area contributed by atoms with Crippen LogP contribution in [0.25, 0.3) is 5.76 Å². The van der Waals surface area contributed by atoms with Crippen molar-refractivity contribution in [2.45, 2.75) is 44.2 Å².